The van der Waals surface area contributed by atoms with Gasteiger partial charge in [0.1, 0.15) is 5.60 Å². The van der Waals surface area contributed by atoms with Crippen molar-refractivity contribution >= 4 is 5.96 Å². The van der Waals surface area contributed by atoms with Crippen LogP contribution >= 0.6 is 0 Å². The summed E-state index contributed by atoms with van der Waals surface area (Å²) in [5.41, 5.74) is 0.684. The first-order chi connectivity index (χ1) is 13.9. The summed E-state index contributed by atoms with van der Waals surface area (Å²) in [4.78, 5) is 4.62. The molecule has 2 rings (SSSR count). The van der Waals surface area contributed by atoms with E-state index in [1.807, 2.05) is 32.2 Å². The molecule has 0 aliphatic rings. The third-order valence-electron chi connectivity index (χ3n) is 4.38. The Hall–Kier alpha value is -2.74. The van der Waals surface area contributed by atoms with E-state index in [1.165, 1.54) is 0 Å². The van der Waals surface area contributed by atoms with Crippen molar-refractivity contribution in [2.24, 2.45) is 12.0 Å². The molecule has 0 radical (unpaired) electrons. The van der Waals surface area contributed by atoms with Crippen molar-refractivity contribution in [3.8, 4) is 11.5 Å². The average Bonchev–Trinajstić information content (AvgIpc) is 3.16. The van der Waals surface area contributed by atoms with Gasteiger partial charge in [-0.15, -0.1) is 0 Å². The first-order valence-corrected chi connectivity index (χ1v) is 9.93. The number of ether oxygens (including phenoxy) is 2. The smallest absolute Gasteiger partial charge is 0.191 e. The summed E-state index contributed by atoms with van der Waals surface area (Å²) < 4.78 is 12.8. The van der Waals surface area contributed by atoms with Crippen LogP contribution in [0.3, 0.4) is 0 Å². The zero-order valence-electron chi connectivity index (χ0n) is 18.0. The molecule has 0 amide bonds. The summed E-state index contributed by atoms with van der Waals surface area (Å²) in [6, 6.07) is 5.82. The van der Waals surface area contributed by atoms with Gasteiger partial charge in [-0.2, -0.15) is 5.10 Å². The quantitative estimate of drug-likeness (QED) is 0.416. The maximum atomic E-state index is 10.7. The molecule has 29 heavy (non-hydrogen) atoms. The predicted octanol–water partition coefficient (Wildman–Crippen LogP) is 2.18. The summed E-state index contributed by atoms with van der Waals surface area (Å²) in [5, 5.41) is 21.3. The average molecular weight is 404 g/mol. The van der Waals surface area contributed by atoms with Crippen LogP contribution in [0.2, 0.25) is 0 Å². The van der Waals surface area contributed by atoms with Crippen LogP contribution in [0.25, 0.3) is 0 Å². The maximum absolute atomic E-state index is 10.7. The van der Waals surface area contributed by atoms with Crippen LogP contribution in [0.1, 0.15) is 38.3 Å². The number of aromatic nitrogens is 2. The van der Waals surface area contributed by atoms with Gasteiger partial charge in [0, 0.05) is 25.4 Å². The van der Waals surface area contributed by atoms with Gasteiger partial charge in [0.05, 0.1) is 33.0 Å². The van der Waals surface area contributed by atoms with Gasteiger partial charge in [0.25, 0.3) is 0 Å². The van der Waals surface area contributed by atoms with Gasteiger partial charge < -0.3 is 25.2 Å². The Labute approximate surface area is 172 Å². The highest BCUT2D eigenvalue weighted by Crippen LogP contribution is 2.28. The minimum absolute atomic E-state index is 0.303. The van der Waals surface area contributed by atoms with Crippen LogP contribution in [0.5, 0.6) is 11.5 Å². The Balaban J connectivity index is 2.04. The molecule has 8 heteroatoms. The highest BCUT2D eigenvalue weighted by molar-refractivity contribution is 5.79. The van der Waals surface area contributed by atoms with E-state index in [0.717, 1.165) is 23.3 Å². The van der Waals surface area contributed by atoms with Crippen molar-refractivity contribution in [2.75, 3.05) is 26.8 Å². The zero-order chi connectivity index (χ0) is 21.3. The molecule has 0 aliphatic carbocycles. The molecule has 1 aromatic heterocycles. The summed E-state index contributed by atoms with van der Waals surface area (Å²) in [6.07, 6.45) is 4.41. The van der Waals surface area contributed by atoms with Gasteiger partial charge >= 0.3 is 0 Å². The number of guanidine groups is 1. The first-order valence-electron chi connectivity index (χ1n) is 9.93. The molecule has 3 N–H and O–H groups in total. The lowest BCUT2D eigenvalue weighted by molar-refractivity contribution is 0.0616. The lowest BCUT2D eigenvalue weighted by Gasteiger charge is -2.23. The maximum Gasteiger partial charge on any atom is 0.191 e. The van der Waals surface area contributed by atoms with Crippen LogP contribution in [-0.4, -0.2) is 47.7 Å². The number of aliphatic imine (C=N–C) groups is 1. The van der Waals surface area contributed by atoms with Crippen LogP contribution in [0.15, 0.2) is 35.6 Å². The van der Waals surface area contributed by atoms with Gasteiger partial charge in [0.2, 0.25) is 0 Å². The summed E-state index contributed by atoms with van der Waals surface area (Å²) in [5.74, 6) is 2.06. The fourth-order valence-electron chi connectivity index (χ4n) is 2.71. The van der Waals surface area contributed by atoms with Crippen LogP contribution in [-0.2, 0) is 19.2 Å². The first kappa shape index (κ1) is 22.5. The molecule has 0 fully saturated rings. The number of benzene rings is 1. The van der Waals surface area contributed by atoms with Crippen molar-refractivity contribution < 1.29 is 14.6 Å². The SMILES string of the molecule is CCCOc1ccc(CN=C(NCC)NCC(C)(O)c2cnn(C)c2)cc1OC. The lowest BCUT2D eigenvalue weighted by atomic mass is 10.00. The second-order valence-corrected chi connectivity index (χ2v) is 7.06. The normalized spacial score (nSPS) is 13.7. The molecule has 1 heterocycles. The van der Waals surface area contributed by atoms with E-state index in [9.17, 15) is 5.11 Å². The van der Waals surface area contributed by atoms with Gasteiger partial charge in [-0.25, -0.2) is 4.99 Å². The zero-order valence-corrected chi connectivity index (χ0v) is 18.0. The number of aliphatic hydroxyl groups is 1. The molecule has 0 aliphatic heterocycles. The van der Waals surface area contributed by atoms with E-state index in [1.54, 1.807) is 31.1 Å². The Morgan fingerprint density at radius 2 is 2.07 bits per heavy atom. The minimum Gasteiger partial charge on any atom is -0.493 e. The number of hydrogen-bond donors (Lipinski definition) is 3. The number of rotatable bonds is 10. The van der Waals surface area contributed by atoms with Crippen molar-refractivity contribution in [3.05, 3.63) is 41.7 Å². The molecule has 1 atom stereocenters. The van der Waals surface area contributed by atoms with Crippen molar-refractivity contribution in [1.82, 2.24) is 20.4 Å². The predicted molar refractivity (Wildman–Crippen MR) is 114 cm³/mol. The highest BCUT2D eigenvalue weighted by atomic mass is 16.5. The van der Waals surface area contributed by atoms with E-state index >= 15 is 0 Å². The molecule has 0 saturated heterocycles. The van der Waals surface area contributed by atoms with Crippen molar-refractivity contribution in [2.45, 2.75) is 39.3 Å². The van der Waals surface area contributed by atoms with Crippen molar-refractivity contribution in [3.63, 3.8) is 0 Å². The molecular formula is C21H33N5O3. The molecule has 0 saturated carbocycles. The monoisotopic (exact) mass is 403 g/mol. The Bertz CT molecular complexity index is 801. The summed E-state index contributed by atoms with van der Waals surface area (Å²) in [7, 11) is 3.46. The molecule has 1 unspecified atom stereocenters. The Morgan fingerprint density at radius 1 is 1.28 bits per heavy atom. The Kier molecular flexibility index (Phi) is 8.33. The summed E-state index contributed by atoms with van der Waals surface area (Å²) in [6.45, 7) is 7.95. The van der Waals surface area contributed by atoms with Crippen LogP contribution < -0.4 is 20.1 Å². The van der Waals surface area contributed by atoms with Gasteiger partial charge in [0.15, 0.2) is 17.5 Å². The van der Waals surface area contributed by atoms with E-state index in [2.05, 4.69) is 27.6 Å². The van der Waals surface area contributed by atoms with Gasteiger partial charge in [-0.05, 0) is 38.0 Å². The number of aryl methyl sites for hydroxylation is 1. The van der Waals surface area contributed by atoms with E-state index in [0.29, 0.717) is 38.0 Å². The minimum atomic E-state index is -1.06. The van der Waals surface area contributed by atoms with E-state index in [4.69, 9.17) is 9.47 Å². The second-order valence-electron chi connectivity index (χ2n) is 7.06. The lowest BCUT2D eigenvalue weighted by Crippen LogP contribution is -2.44. The number of hydrogen-bond acceptors (Lipinski definition) is 5. The molecule has 160 valence electrons. The number of methoxy groups -OCH3 is 1. The van der Waals surface area contributed by atoms with Gasteiger partial charge in [-0.3, -0.25) is 4.68 Å². The third kappa shape index (κ3) is 6.67. The second kappa shape index (κ2) is 10.7. The third-order valence-corrected chi connectivity index (χ3v) is 4.38. The highest BCUT2D eigenvalue weighted by Gasteiger charge is 2.25. The van der Waals surface area contributed by atoms with Crippen LogP contribution in [0, 0.1) is 0 Å². The molecular weight excluding hydrogens is 370 g/mol. The van der Waals surface area contributed by atoms with E-state index in [-0.39, 0.29) is 0 Å². The van der Waals surface area contributed by atoms with E-state index < -0.39 is 5.60 Å². The fraction of sp³-hybridized carbons (Fsp3) is 0.524. The standard InChI is InChI=1S/C21H33N5O3/c1-6-10-29-18-9-8-16(11-19(18)28-5)12-23-20(22-7-2)24-15-21(3,27)17-13-25-26(4)14-17/h8-9,11,13-14,27H,6-7,10,12,15H2,1-5H3,(H2,22,23,24). The number of nitrogens with zero attached hydrogens (tertiary/aromatic N) is 3. The van der Waals surface area contributed by atoms with Crippen LogP contribution in [0.4, 0.5) is 0 Å². The van der Waals surface area contributed by atoms with Gasteiger partial charge in [-0.1, -0.05) is 13.0 Å². The fourth-order valence-corrected chi connectivity index (χ4v) is 2.71. The molecule has 1 aromatic carbocycles. The molecule has 8 nitrogen and oxygen atoms in total. The number of nitrogens with one attached hydrogen (secondary N) is 2. The summed E-state index contributed by atoms with van der Waals surface area (Å²) >= 11 is 0. The molecule has 0 spiro atoms. The van der Waals surface area contributed by atoms with Crippen molar-refractivity contribution in [1.29, 1.82) is 0 Å². The topological polar surface area (TPSA) is 92.9 Å². The Morgan fingerprint density at radius 3 is 2.69 bits per heavy atom. The molecule has 0 bridgehead atoms. The largest absolute Gasteiger partial charge is 0.493 e. The molecule has 2 aromatic rings.